The van der Waals surface area contributed by atoms with Crippen molar-refractivity contribution >= 4 is 11.6 Å². The average Bonchev–Trinajstić information content (AvgIpc) is 2.60. The molecule has 1 N–H and O–H groups in total. The number of hydrogen-bond acceptors (Lipinski definition) is 5. The van der Waals surface area contributed by atoms with E-state index in [1.807, 2.05) is 43.3 Å². The monoisotopic (exact) mass is 357 g/mol. The second-order valence-electron chi connectivity index (χ2n) is 6.14. The van der Waals surface area contributed by atoms with E-state index >= 15 is 0 Å². The van der Waals surface area contributed by atoms with Crippen molar-refractivity contribution in [3.63, 3.8) is 0 Å². The molecule has 0 unspecified atom stereocenters. The minimum atomic E-state index is -0.475. The van der Waals surface area contributed by atoms with Crippen LogP contribution in [0.3, 0.4) is 0 Å². The number of carbonyl (C=O) groups excluding carboxylic acids is 1. The number of carbonyl (C=O) groups is 1. The number of nitro groups is 1. The molecule has 0 radical (unpaired) electrons. The number of nitrogens with zero attached hydrogens (tertiary/aromatic N) is 2. The molecule has 2 aromatic rings. The van der Waals surface area contributed by atoms with Gasteiger partial charge in [0, 0.05) is 24.7 Å². The molecular formula is C19H23N3O4. The second-order valence-corrected chi connectivity index (χ2v) is 6.14. The Morgan fingerprint density at radius 1 is 1.19 bits per heavy atom. The summed E-state index contributed by atoms with van der Waals surface area (Å²) < 4.78 is 5.67. The lowest BCUT2D eigenvalue weighted by atomic mass is 10.1. The van der Waals surface area contributed by atoms with Gasteiger partial charge in [-0.1, -0.05) is 30.3 Å². The highest BCUT2D eigenvalue weighted by Crippen LogP contribution is 2.18. The van der Waals surface area contributed by atoms with E-state index in [0.717, 1.165) is 17.9 Å². The van der Waals surface area contributed by atoms with E-state index < -0.39 is 4.92 Å². The lowest BCUT2D eigenvalue weighted by Gasteiger charge is -2.12. The van der Waals surface area contributed by atoms with Gasteiger partial charge in [0.15, 0.2) is 0 Å². The standard InChI is InChI=1S/C19H23N3O4/c1-21(2)10-11-26-17-8-5-6-15(12-17)14-20-19(23)13-16-7-3-4-9-18(16)22(24)25/h3-9,12H,10-11,13-14H2,1-2H3,(H,20,23). The predicted octanol–water partition coefficient (Wildman–Crippen LogP) is 2.39. The first-order valence-corrected chi connectivity index (χ1v) is 8.31. The van der Waals surface area contributed by atoms with E-state index in [-0.39, 0.29) is 18.0 Å². The largest absolute Gasteiger partial charge is 0.492 e. The van der Waals surface area contributed by atoms with Crippen molar-refractivity contribution in [2.24, 2.45) is 0 Å². The van der Waals surface area contributed by atoms with Gasteiger partial charge in [-0.3, -0.25) is 14.9 Å². The Morgan fingerprint density at radius 2 is 1.96 bits per heavy atom. The maximum atomic E-state index is 12.1. The van der Waals surface area contributed by atoms with Crippen LogP contribution in [0.1, 0.15) is 11.1 Å². The van der Waals surface area contributed by atoms with Crippen molar-refractivity contribution in [1.82, 2.24) is 10.2 Å². The van der Waals surface area contributed by atoms with Gasteiger partial charge < -0.3 is 15.0 Å². The third kappa shape index (κ3) is 6.18. The number of benzene rings is 2. The molecule has 138 valence electrons. The fraction of sp³-hybridized carbons (Fsp3) is 0.316. The number of nitro benzene ring substituents is 1. The highest BCUT2D eigenvalue weighted by molar-refractivity contribution is 5.79. The molecule has 7 nitrogen and oxygen atoms in total. The molecule has 0 aromatic heterocycles. The highest BCUT2D eigenvalue weighted by atomic mass is 16.6. The Labute approximate surface area is 152 Å². The zero-order chi connectivity index (χ0) is 18.9. The molecule has 0 fully saturated rings. The second kappa shape index (κ2) is 9.53. The first-order chi connectivity index (χ1) is 12.5. The van der Waals surface area contributed by atoms with Gasteiger partial charge in [0.05, 0.1) is 11.3 Å². The number of amides is 1. The molecule has 1 amide bonds. The molecule has 0 bridgehead atoms. The summed E-state index contributed by atoms with van der Waals surface area (Å²) in [4.78, 5) is 24.7. The van der Waals surface area contributed by atoms with Crippen LogP contribution in [0, 0.1) is 10.1 Å². The van der Waals surface area contributed by atoms with Gasteiger partial charge in [-0.15, -0.1) is 0 Å². The first-order valence-electron chi connectivity index (χ1n) is 8.31. The number of nitrogens with one attached hydrogen (secondary N) is 1. The summed E-state index contributed by atoms with van der Waals surface area (Å²) in [5, 5.41) is 13.8. The summed E-state index contributed by atoms with van der Waals surface area (Å²) in [7, 11) is 3.96. The van der Waals surface area contributed by atoms with Crippen molar-refractivity contribution in [1.29, 1.82) is 0 Å². The summed E-state index contributed by atoms with van der Waals surface area (Å²) in [5.74, 6) is 0.482. The van der Waals surface area contributed by atoms with Crippen LogP contribution in [0.15, 0.2) is 48.5 Å². The van der Waals surface area contributed by atoms with E-state index in [1.54, 1.807) is 18.2 Å². The number of rotatable bonds is 9. The van der Waals surface area contributed by atoms with E-state index in [9.17, 15) is 14.9 Å². The Kier molecular flexibility index (Phi) is 7.11. The summed E-state index contributed by atoms with van der Waals surface area (Å²) in [6, 6.07) is 13.8. The minimum absolute atomic E-state index is 0.0316. The van der Waals surface area contributed by atoms with Gasteiger partial charge in [-0.2, -0.15) is 0 Å². The smallest absolute Gasteiger partial charge is 0.273 e. The molecule has 0 aliphatic rings. The fourth-order valence-electron chi connectivity index (χ4n) is 2.37. The molecule has 0 aliphatic heterocycles. The minimum Gasteiger partial charge on any atom is -0.492 e. The van der Waals surface area contributed by atoms with Crippen LogP contribution in [-0.2, 0) is 17.8 Å². The normalized spacial score (nSPS) is 10.6. The Morgan fingerprint density at radius 3 is 2.69 bits per heavy atom. The third-order valence-corrected chi connectivity index (χ3v) is 3.73. The number of ether oxygens (including phenoxy) is 1. The lowest BCUT2D eigenvalue weighted by molar-refractivity contribution is -0.385. The van der Waals surface area contributed by atoms with E-state index in [4.69, 9.17) is 4.74 Å². The van der Waals surface area contributed by atoms with Crippen molar-refractivity contribution in [3.8, 4) is 5.75 Å². The summed E-state index contributed by atoms with van der Waals surface area (Å²) in [6.45, 7) is 1.74. The summed E-state index contributed by atoms with van der Waals surface area (Å²) in [5.41, 5.74) is 1.26. The molecule has 0 heterocycles. The molecule has 0 atom stereocenters. The van der Waals surface area contributed by atoms with Crippen LogP contribution >= 0.6 is 0 Å². The zero-order valence-corrected chi connectivity index (χ0v) is 15.0. The quantitative estimate of drug-likeness (QED) is 0.550. The number of para-hydroxylation sites is 1. The van der Waals surface area contributed by atoms with E-state index in [0.29, 0.717) is 18.7 Å². The van der Waals surface area contributed by atoms with Crippen LogP contribution in [0.25, 0.3) is 0 Å². The molecular weight excluding hydrogens is 334 g/mol. The fourth-order valence-corrected chi connectivity index (χ4v) is 2.37. The molecule has 0 saturated heterocycles. The van der Waals surface area contributed by atoms with Crippen LogP contribution in [0.4, 0.5) is 5.69 Å². The van der Waals surface area contributed by atoms with Gasteiger partial charge in [-0.25, -0.2) is 0 Å². The van der Waals surface area contributed by atoms with Crippen LogP contribution < -0.4 is 10.1 Å². The lowest BCUT2D eigenvalue weighted by Crippen LogP contribution is -2.25. The maximum absolute atomic E-state index is 12.1. The molecule has 7 heteroatoms. The third-order valence-electron chi connectivity index (χ3n) is 3.73. The maximum Gasteiger partial charge on any atom is 0.273 e. The molecule has 2 rings (SSSR count). The van der Waals surface area contributed by atoms with Crippen molar-refractivity contribution in [3.05, 3.63) is 69.8 Å². The average molecular weight is 357 g/mol. The molecule has 0 aliphatic carbocycles. The highest BCUT2D eigenvalue weighted by Gasteiger charge is 2.15. The summed E-state index contributed by atoms with van der Waals surface area (Å²) in [6.07, 6.45) is -0.0316. The van der Waals surface area contributed by atoms with Crippen molar-refractivity contribution < 1.29 is 14.5 Å². The van der Waals surface area contributed by atoms with Gasteiger partial charge in [0.1, 0.15) is 12.4 Å². The van der Waals surface area contributed by atoms with E-state index in [2.05, 4.69) is 5.32 Å². The SMILES string of the molecule is CN(C)CCOc1cccc(CNC(=O)Cc2ccccc2[N+](=O)[O-])c1. The Hall–Kier alpha value is -2.93. The molecule has 2 aromatic carbocycles. The molecule has 0 saturated carbocycles. The predicted molar refractivity (Wildman–Crippen MR) is 99.1 cm³/mol. The topological polar surface area (TPSA) is 84.7 Å². The van der Waals surface area contributed by atoms with Gasteiger partial charge >= 0.3 is 0 Å². The van der Waals surface area contributed by atoms with Gasteiger partial charge in [0.25, 0.3) is 5.69 Å². The van der Waals surface area contributed by atoms with Crippen LogP contribution in [0.2, 0.25) is 0 Å². The Bertz CT molecular complexity index is 762. The van der Waals surface area contributed by atoms with Crippen molar-refractivity contribution in [2.75, 3.05) is 27.2 Å². The number of likely N-dealkylation sites (N-methyl/N-ethyl adjacent to an activating group) is 1. The molecule has 26 heavy (non-hydrogen) atoms. The summed E-state index contributed by atoms with van der Waals surface area (Å²) >= 11 is 0. The van der Waals surface area contributed by atoms with Crippen LogP contribution in [0.5, 0.6) is 5.75 Å². The van der Waals surface area contributed by atoms with E-state index in [1.165, 1.54) is 6.07 Å². The zero-order valence-electron chi connectivity index (χ0n) is 15.0. The van der Waals surface area contributed by atoms with Gasteiger partial charge in [-0.05, 0) is 31.8 Å². The van der Waals surface area contributed by atoms with Crippen LogP contribution in [-0.4, -0.2) is 43.0 Å². The Balaban J connectivity index is 1.88. The first kappa shape index (κ1) is 19.4. The van der Waals surface area contributed by atoms with Crippen molar-refractivity contribution in [2.45, 2.75) is 13.0 Å². The molecule has 0 spiro atoms. The number of hydrogen-bond donors (Lipinski definition) is 1. The van der Waals surface area contributed by atoms with Gasteiger partial charge in [0.2, 0.25) is 5.91 Å².